The first-order valence-electron chi connectivity index (χ1n) is 8.67. The first-order valence-corrected chi connectivity index (χ1v) is 11.0. The average molecular weight is 462 g/mol. The number of thiophene rings is 1. The van der Waals surface area contributed by atoms with E-state index in [1.807, 2.05) is 0 Å². The number of benzene rings is 2. The van der Waals surface area contributed by atoms with Gasteiger partial charge in [0.1, 0.15) is 0 Å². The smallest absolute Gasteiger partial charge is 0.266 e. The van der Waals surface area contributed by atoms with Gasteiger partial charge < -0.3 is 5.32 Å². The van der Waals surface area contributed by atoms with Gasteiger partial charge in [0, 0.05) is 11.6 Å². The average Bonchev–Trinajstić information content (AvgIpc) is 3.30. The van der Waals surface area contributed by atoms with E-state index < -0.39 is 28.8 Å². The number of nitrogens with zero attached hydrogens (tertiary/aromatic N) is 1. The van der Waals surface area contributed by atoms with E-state index in [1.165, 1.54) is 24.3 Å². The van der Waals surface area contributed by atoms with E-state index in [2.05, 4.69) is 5.32 Å². The highest BCUT2D eigenvalue weighted by atomic mass is 35.5. The zero-order valence-corrected chi connectivity index (χ0v) is 17.7. The molecule has 1 aliphatic rings. The summed E-state index contributed by atoms with van der Waals surface area (Å²) in [4.78, 5) is 38.4. The molecule has 1 aromatic heterocycles. The quantitative estimate of drug-likeness (QED) is 0.262. The van der Waals surface area contributed by atoms with Gasteiger partial charge in [0.05, 0.1) is 21.2 Å². The predicted octanol–water partition coefficient (Wildman–Crippen LogP) is 3.58. The molecule has 0 radical (unpaired) electrons. The minimum Gasteiger partial charge on any atom is -0.325 e. The molecule has 10 heteroatoms. The van der Waals surface area contributed by atoms with Gasteiger partial charge in [-0.15, -0.1) is 4.18 Å². The topological polar surface area (TPSA) is 92.8 Å². The van der Waals surface area contributed by atoms with Crippen LogP contribution in [0.3, 0.4) is 0 Å². The number of fused-ring (bicyclic) bond motifs is 1. The van der Waals surface area contributed by atoms with Crippen LogP contribution in [0.15, 0.2) is 64.9 Å². The minimum atomic E-state index is -2.11. The van der Waals surface area contributed by atoms with Crippen LogP contribution in [-0.4, -0.2) is 24.5 Å². The molecule has 30 heavy (non-hydrogen) atoms. The van der Waals surface area contributed by atoms with Gasteiger partial charge in [-0.3, -0.25) is 14.4 Å². The number of thiol groups is 1. The SMILES string of the molecule is O=C(NCO[SH+](=O)c1ccc(Cl)s1)c1ccc(N2C(=O)c3ccccc3C2=O)cc1. The van der Waals surface area contributed by atoms with Crippen LogP contribution in [0.4, 0.5) is 5.69 Å². The van der Waals surface area contributed by atoms with Crippen LogP contribution in [0.25, 0.3) is 0 Å². The second kappa shape index (κ2) is 8.49. The van der Waals surface area contributed by atoms with Crippen molar-refractivity contribution in [1.82, 2.24) is 5.32 Å². The zero-order valence-electron chi connectivity index (χ0n) is 15.2. The summed E-state index contributed by atoms with van der Waals surface area (Å²) in [6, 6.07) is 15.8. The molecule has 2 aromatic carbocycles. The Bertz CT molecular complexity index is 1140. The highest BCUT2D eigenvalue weighted by Crippen LogP contribution is 2.28. The standard InChI is InChI=1S/C20H13ClN2O5S2/c21-16-9-10-17(29-16)30(27)28-11-22-18(24)12-5-7-13(8-6-12)23-19(25)14-3-1-2-4-15(14)20(23)26/h1-10H,11H2,(H,22,24)/p+1. The summed E-state index contributed by atoms with van der Waals surface area (Å²) in [6.45, 7) is -0.246. The third-order valence-corrected chi connectivity index (χ3v) is 6.96. The fraction of sp³-hybridized carbons (Fsp3) is 0.0500. The highest BCUT2D eigenvalue weighted by Gasteiger charge is 2.36. The summed E-state index contributed by atoms with van der Waals surface area (Å²) in [7, 11) is 0. The Labute approximate surface area is 182 Å². The van der Waals surface area contributed by atoms with Crippen LogP contribution in [0.2, 0.25) is 4.34 Å². The number of anilines is 1. The van der Waals surface area contributed by atoms with E-state index in [-0.39, 0.29) is 6.73 Å². The summed E-state index contributed by atoms with van der Waals surface area (Å²) in [5.74, 6) is -1.26. The number of amides is 3. The Kier molecular flexibility index (Phi) is 5.78. The number of nitrogens with one attached hydrogen (secondary N) is 1. The van der Waals surface area contributed by atoms with E-state index >= 15 is 0 Å². The molecule has 1 atom stereocenters. The number of hydrogen-bond acceptors (Lipinski definition) is 6. The van der Waals surface area contributed by atoms with Crippen molar-refractivity contribution in [2.45, 2.75) is 4.21 Å². The summed E-state index contributed by atoms with van der Waals surface area (Å²) in [5.41, 5.74) is 1.37. The molecule has 1 aliphatic heterocycles. The molecule has 0 saturated carbocycles. The highest BCUT2D eigenvalue weighted by molar-refractivity contribution is 7.82. The lowest BCUT2D eigenvalue weighted by atomic mass is 10.1. The van der Waals surface area contributed by atoms with E-state index in [1.54, 1.807) is 36.4 Å². The van der Waals surface area contributed by atoms with Gasteiger partial charge in [0.15, 0.2) is 6.73 Å². The Balaban J connectivity index is 1.38. The molecular weight excluding hydrogens is 448 g/mol. The van der Waals surface area contributed by atoms with Crippen LogP contribution in [0.1, 0.15) is 31.1 Å². The lowest BCUT2D eigenvalue weighted by Crippen LogP contribution is -2.29. The van der Waals surface area contributed by atoms with Crippen molar-refractivity contribution in [2.24, 2.45) is 0 Å². The van der Waals surface area contributed by atoms with Gasteiger partial charge >= 0.3 is 0 Å². The van der Waals surface area contributed by atoms with E-state index in [0.717, 1.165) is 16.2 Å². The van der Waals surface area contributed by atoms with Crippen LogP contribution >= 0.6 is 22.9 Å². The molecule has 4 rings (SSSR count). The van der Waals surface area contributed by atoms with Crippen LogP contribution < -0.4 is 10.2 Å². The summed E-state index contributed by atoms with van der Waals surface area (Å²) in [6.07, 6.45) is 0. The second-order valence-corrected chi connectivity index (χ2v) is 9.42. The molecule has 152 valence electrons. The van der Waals surface area contributed by atoms with Crippen molar-refractivity contribution in [2.75, 3.05) is 11.6 Å². The van der Waals surface area contributed by atoms with Crippen molar-refractivity contribution in [3.8, 4) is 0 Å². The molecule has 0 fully saturated rings. The third kappa shape index (κ3) is 3.92. The number of rotatable bonds is 6. The molecule has 3 aromatic rings. The lowest BCUT2D eigenvalue weighted by Gasteiger charge is -2.14. The maximum Gasteiger partial charge on any atom is 0.266 e. The fourth-order valence-electron chi connectivity index (χ4n) is 2.91. The second-order valence-electron chi connectivity index (χ2n) is 6.15. The van der Waals surface area contributed by atoms with Crippen molar-refractivity contribution < 1.29 is 22.8 Å². The zero-order chi connectivity index (χ0) is 21.3. The largest absolute Gasteiger partial charge is 0.325 e. The van der Waals surface area contributed by atoms with Gasteiger partial charge in [0.2, 0.25) is 15.3 Å². The Hall–Kier alpha value is -2.85. The number of carbonyl (C=O) groups excluding carboxylic acids is 3. The summed E-state index contributed by atoms with van der Waals surface area (Å²) < 4.78 is 18.1. The lowest BCUT2D eigenvalue weighted by molar-refractivity contribution is 0.0914. The van der Waals surface area contributed by atoms with Crippen molar-refractivity contribution in [3.63, 3.8) is 0 Å². The van der Waals surface area contributed by atoms with Gasteiger partial charge in [-0.1, -0.05) is 39.3 Å². The number of imide groups is 1. The molecule has 2 heterocycles. The Morgan fingerprint density at radius 1 is 1.00 bits per heavy atom. The first-order chi connectivity index (χ1) is 14.5. The van der Waals surface area contributed by atoms with Crippen molar-refractivity contribution in [3.05, 3.63) is 81.7 Å². The Morgan fingerprint density at radius 3 is 2.20 bits per heavy atom. The van der Waals surface area contributed by atoms with Crippen LogP contribution in [-0.2, 0) is 19.5 Å². The minimum absolute atomic E-state index is 0.246. The number of halogens is 1. The molecule has 0 saturated heterocycles. The van der Waals surface area contributed by atoms with Gasteiger partial charge in [0.25, 0.3) is 17.7 Å². The summed E-state index contributed by atoms with van der Waals surface area (Å²) in [5, 5.41) is 2.51. The maximum atomic E-state index is 12.5. The molecule has 0 aliphatic carbocycles. The maximum absolute atomic E-state index is 12.5. The monoisotopic (exact) mass is 461 g/mol. The van der Waals surface area contributed by atoms with Gasteiger partial charge in [-0.25, -0.2) is 4.90 Å². The first kappa shape index (κ1) is 20.4. The molecule has 3 amide bonds. The fourth-order valence-corrected chi connectivity index (χ4v) is 5.11. The Morgan fingerprint density at radius 2 is 1.63 bits per heavy atom. The molecule has 1 N–H and O–H groups in total. The van der Waals surface area contributed by atoms with Crippen molar-refractivity contribution in [1.29, 1.82) is 0 Å². The van der Waals surface area contributed by atoms with Gasteiger partial charge in [-0.05, 0) is 42.5 Å². The number of hydrogen-bond donors (Lipinski definition) is 1. The third-order valence-electron chi connectivity index (χ3n) is 4.34. The summed E-state index contributed by atoms with van der Waals surface area (Å²) >= 11 is 4.83. The molecule has 0 spiro atoms. The normalized spacial score (nSPS) is 14.0. The molecular formula is C20H14ClN2O5S2+. The van der Waals surface area contributed by atoms with Crippen LogP contribution in [0, 0.1) is 0 Å². The van der Waals surface area contributed by atoms with Gasteiger partial charge in [-0.2, -0.15) is 0 Å². The van der Waals surface area contributed by atoms with E-state index in [0.29, 0.717) is 30.9 Å². The molecule has 0 bridgehead atoms. The predicted molar refractivity (Wildman–Crippen MR) is 114 cm³/mol. The van der Waals surface area contributed by atoms with E-state index in [9.17, 15) is 18.6 Å². The van der Waals surface area contributed by atoms with Crippen LogP contribution in [0.5, 0.6) is 0 Å². The van der Waals surface area contributed by atoms with Crippen molar-refractivity contribution >= 4 is 57.4 Å². The molecule has 7 nitrogen and oxygen atoms in total. The molecule has 1 unspecified atom stereocenters. The van der Waals surface area contributed by atoms with E-state index in [4.69, 9.17) is 15.8 Å². The number of carbonyl (C=O) groups is 3.